The minimum Gasteiger partial charge on any atom is -0.496 e. The van der Waals surface area contributed by atoms with Crippen LogP contribution in [0.15, 0.2) is 30.4 Å². The number of benzene rings is 1. The van der Waals surface area contributed by atoms with Crippen molar-refractivity contribution in [2.45, 2.75) is 20.0 Å². The minimum atomic E-state index is -0.919. The van der Waals surface area contributed by atoms with Crippen LogP contribution in [0.2, 0.25) is 0 Å². The van der Waals surface area contributed by atoms with E-state index in [-0.39, 0.29) is 29.9 Å². The number of hydrogen-bond acceptors (Lipinski definition) is 9. The second-order valence-corrected chi connectivity index (χ2v) is 5.94. The zero-order chi connectivity index (χ0) is 22.3. The molecule has 1 amide bonds. The van der Waals surface area contributed by atoms with Gasteiger partial charge < -0.3 is 31.0 Å². The van der Waals surface area contributed by atoms with Crippen molar-refractivity contribution in [1.29, 1.82) is 5.41 Å². The van der Waals surface area contributed by atoms with Crippen LogP contribution in [0.5, 0.6) is 17.2 Å². The first-order valence-corrected chi connectivity index (χ1v) is 8.80. The lowest BCUT2D eigenvalue weighted by Crippen LogP contribution is -2.23. The number of nitrogens with two attached hydrogens (primary N) is 2. The first-order valence-electron chi connectivity index (χ1n) is 8.80. The van der Waals surface area contributed by atoms with E-state index in [1.54, 1.807) is 0 Å². The molecule has 0 aliphatic carbocycles. The molecule has 10 nitrogen and oxygen atoms in total. The van der Waals surface area contributed by atoms with Crippen molar-refractivity contribution in [1.82, 2.24) is 9.97 Å². The Bertz CT molecular complexity index is 962. The molecule has 160 valence electrons. The summed E-state index contributed by atoms with van der Waals surface area (Å²) >= 11 is 0. The largest absolute Gasteiger partial charge is 0.496 e. The van der Waals surface area contributed by atoms with Crippen molar-refractivity contribution < 1.29 is 23.4 Å². The number of rotatable bonds is 10. The van der Waals surface area contributed by atoms with E-state index >= 15 is 0 Å². The third-order valence-electron chi connectivity index (χ3n) is 4.03. The van der Waals surface area contributed by atoms with Crippen LogP contribution in [0.3, 0.4) is 0 Å². The van der Waals surface area contributed by atoms with E-state index < -0.39 is 17.4 Å². The van der Waals surface area contributed by atoms with Gasteiger partial charge in [-0.1, -0.05) is 6.92 Å². The SMILES string of the molecule is CCc1c(OC)cc(OC)c(F)c1COc1cnc(N/C(N)=C/C(=N)C(N)=O)nc1. The first kappa shape index (κ1) is 22.4. The summed E-state index contributed by atoms with van der Waals surface area (Å²) in [7, 11) is 2.87. The molecule has 11 heteroatoms. The highest BCUT2D eigenvalue weighted by molar-refractivity contribution is 6.41. The molecule has 0 radical (unpaired) electrons. The molecule has 0 bridgehead atoms. The minimum absolute atomic E-state index is 0.0365. The fraction of sp³-hybridized carbons (Fsp3) is 0.263. The van der Waals surface area contributed by atoms with Gasteiger partial charge in [-0.05, 0) is 6.42 Å². The summed E-state index contributed by atoms with van der Waals surface area (Å²) in [4.78, 5) is 18.9. The van der Waals surface area contributed by atoms with Crippen molar-refractivity contribution in [2.75, 3.05) is 19.5 Å². The molecule has 0 atom stereocenters. The number of methoxy groups -OCH3 is 2. The number of primary amides is 1. The van der Waals surface area contributed by atoms with Crippen LogP contribution in [-0.4, -0.2) is 35.8 Å². The van der Waals surface area contributed by atoms with Crippen molar-refractivity contribution >= 4 is 17.6 Å². The molecule has 0 aliphatic heterocycles. The van der Waals surface area contributed by atoms with Gasteiger partial charge in [0.2, 0.25) is 5.95 Å². The second-order valence-electron chi connectivity index (χ2n) is 5.94. The molecule has 1 aromatic heterocycles. The maximum atomic E-state index is 14.7. The molecule has 0 saturated carbocycles. The molecular formula is C19H23FN6O4. The van der Waals surface area contributed by atoms with Gasteiger partial charge in [-0.3, -0.25) is 10.2 Å². The predicted octanol–water partition coefficient (Wildman–Crippen LogP) is 1.49. The number of aromatic nitrogens is 2. The number of nitrogens with one attached hydrogen (secondary N) is 2. The van der Waals surface area contributed by atoms with E-state index in [1.165, 1.54) is 32.7 Å². The fourth-order valence-electron chi connectivity index (χ4n) is 2.57. The summed E-state index contributed by atoms with van der Waals surface area (Å²) in [6.45, 7) is 1.79. The lowest BCUT2D eigenvalue weighted by molar-refractivity contribution is -0.111. The molecule has 2 rings (SSSR count). The van der Waals surface area contributed by atoms with E-state index in [1.807, 2.05) is 6.92 Å². The highest BCUT2D eigenvalue weighted by atomic mass is 19.1. The lowest BCUT2D eigenvalue weighted by Gasteiger charge is -2.17. The monoisotopic (exact) mass is 418 g/mol. The van der Waals surface area contributed by atoms with Crippen molar-refractivity contribution in [3.05, 3.63) is 47.3 Å². The Kier molecular flexibility index (Phi) is 7.50. The molecule has 1 heterocycles. The van der Waals surface area contributed by atoms with E-state index in [4.69, 9.17) is 31.1 Å². The lowest BCUT2D eigenvalue weighted by atomic mass is 10.0. The number of carbonyl (C=O) groups is 1. The number of amides is 1. The fourth-order valence-corrected chi connectivity index (χ4v) is 2.57. The Morgan fingerprint density at radius 2 is 1.83 bits per heavy atom. The van der Waals surface area contributed by atoms with E-state index in [9.17, 15) is 9.18 Å². The van der Waals surface area contributed by atoms with Crippen molar-refractivity contribution in [3.8, 4) is 17.2 Å². The summed E-state index contributed by atoms with van der Waals surface area (Å²) in [5, 5.41) is 9.94. The van der Waals surface area contributed by atoms with Gasteiger partial charge in [0.1, 0.15) is 23.9 Å². The Morgan fingerprint density at radius 3 is 2.37 bits per heavy atom. The molecule has 6 N–H and O–H groups in total. The zero-order valence-electron chi connectivity index (χ0n) is 16.8. The number of carbonyl (C=O) groups excluding carboxylic acids is 1. The van der Waals surface area contributed by atoms with Gasteiger partial charge in [0.25, 0.3) is 5.91 Å². The molecule has 30 heavy (non-hydrogen) atoms. The Balaban J connectivity index is 2.14. The van der Waals surface area contributed by atoms with Gasteiger partial charge in [-0.15, -0.1) is 0 Å². The average Bonchev–Trinajstić information content (AvgIpc) is 2.73. The van der Waals surface area contributed by atoms with Gasteiger partial charge in [0, 0.05) is 23.3 Å². The molecular weight excluding hydrogens is 395 g/mol. The van der Waals surface area contributed by atoms with Crippen LogP contribution in [0.4, 0.5) is 10.3 Å². The summed E-state index contributed by atoms with van der Waals surface area (Å²) < 4.78 is 30.8. The Labute approximate surface area is 172 Å². The smallest absolute Gasteiger partial charge is 0.266 e. The summed E-state index contributed by atoms with van der Waals surface area (Å²) in [5.41, 5.74) is 11.1. The average molecular weight is 418 g/mol. The van der Waals surface area contributed by atoms with Crippen LogP contribution >= 0.6 is 0 Å². The Hall–Kier alpha value is -3.89. The van der Waals surface area contributed by atoms with Crippen LogP contribution in [0.25, 0.3) is 0 Å². The van der Waals surface area contributed by atoms with Crippen LogP contribution in [0.1, 0.15) is 18.1 Å². The third-order valence-corrected chi connectivity index (χ3v) is 4.03. The summed E-state index contributed by atoms with van der Waals surface area (Å²) in [6, 6.07) is 1.50. The molecule has 0 saturated heterocycles. The van der Waals surface area contributed by atoms with E-state index in [0.29, 0.717) is 23.3 Å². The van der Waals surface area contributed by atoms with Gasteiger partial charge in [0.05, 0.1) is 26.6 Å². The quantitative estimate of drug-likeness (QED) is 0.422. The predicted molar refractivity (Wildman–Crippen MR) is 108 cm³/mol. The maximum absolute atomic E-state index is 14.7. The standard InChI is InChI=1S/C19H23FN6O4/c1-4-11-12(17(20)15(29-3)6-14(11)28-2)9-30-10-7-24-19(25-8-10)26-16(22)5-13(21)18(23)27/h5-8,21H,4,9,22H2,1-3H3,(H2,23,27)(H,24,25,26)/b16-5+,21-13?. The van der Waals surface area contributed by atoms with E-state index in [0.717, 1.165) is 6.08 Å². The maximum Gasteiger partial charge on any atom is 0.266 e. The number of anilines is 1. The molecule has 0 aliphatic rings. The highest BCUT2D eigenvalue weighted by Gasteiger charge is 2.19. The van der Waals surface area contributed by atoms with Gasteiger partial charge >= 0.3 is 0 Å². The number of halogens is 1. The number of hydrogen-bond donors (Lipinski definition) is 4. The van der Waals surface area contributed by atoms with Gasteiger partial charge in [0.15, 0.2) is 17.3 Å². The van der Waals surface area contributed by atoms with Crippen LogP contribution in [0, 0.1) is 11.2 Å². The molecule has 0 fully saturated rings. The molecule has 1 aromatic carbocycles. The summed E-state index contributed by atoms with van der Waals surface area (Å²) in [5.74, 6) is -0.517. The number of nitrogens with zero attached hydrogens (tertiary/aromatic N) is 2. The normalized spacial score (nSPS) is 11.0. The number of ether oxygens (including phenoxy) is 3. The van der Waals surface area contributed by atoms with E-state index in [2.05, 4.69) is 15.3 Å². The topological polar surface area (TPSA) is 158 Å². The first-order chi connectivity index (χ1) is 14.3. The zero-order valence-corrected chi connectivity index (χ0v) is 16.8. The molecule has 2 aromatic rings. The van der Waals surface area contributed by atoms with Crippen molar-refractivity contribution in [3.63, 3.8) is 0 Å². The summed E-state index contributed by atoms with van der Waals surface area (Å²) in [6.07, 6.45) is 4.31. The van der Waals surface area contributed by atoms with Crippen molar-refractivity contribution in [2.24, 2.45) is 11.5 Å². The van der Waals surface area contributed by atoms with Gasteiger partial charge in [-0.2, -0.15) is 0 Å². The Morgan fingerprint density at radius 1 is 1.20 bits per heavy atom. The molecule has 0 spiro atoms. The second kappa shape index (κ2) is 10.0. The van der Waals surface area contributed by atoms with Crippen LogP contribution in [-0.2, 0) is 17.8 Å². The van der Waals surface area contributed by atoms with Gasteiger partial charge in [-0.25, -0.2) is 14.4 Å². The molecule has 0 unspecified atom stereocenters. The van der Waals surface area contributed by atoms with Crippen LogP contribution < -0.4 is 31.0 Å². The third kappa shape index (κ3) is 5.34. The highest BCUT2D eigenvalue weighted by Crippen LogP contribution is 2.33.